The molecule has 11 heteroatoms. The van der Waals surface area contributed by atoms with Gasteiger partial charge in [-0.25, -0.2) is 4.98 Å². The number of piperidine rings is 1. The third-order valence-electron chi connectivity index (χ3n) is 5.65. The summed E-state index contributed by atoms with van der Waals surface area (Å²) in [5.74, 6) is 1.25. The third-order valence-corrected chi connectivity index (χ3v) is 5.65. The fourth-order valence-electron chi connectivity index (χ4n) is 3.99. The first kappa shape index (κ1) is 19.1. The van der Waals surface area contributed by atoms with Crippen molar-refractivity contribution in [3.63, 3.8) is 0 Å². The second kappa shape index (κ2) is 7.74. The molecule has 0 unspecified atom stereocenters. The van der Waals surface area contributed by atoms with Crippen LogP contribution in [0.25, 0.3) is 16.6 Å². The lowest BCUT2D eigenvalue weighted by atomic mass is 9.95. The standard InChI is InChI=1S/C20H21N9O2/c1-27(12-16-21-15-5-3-2-4-14(15)19(30)22-16)20(31)13-8-10-28(11-9-13)18-7-6-17-23-25-26-29(17)24-18/h2-7,13H,8-12H2,1H3,(H,21,22,30). The van der Waals surface area contributed by atoms with Crippen molar-refractivity contribution >= 4 is 28.3 Å². The zero-order chi connectivity index (χ0) is 21.4. The number of carbonyl (C=O) groups is 1. The van der Waals surface area contributed by atoms with Crippen LogP contribution < -0.4 is 10.5 Å². The average molecular weight is 419 g/mol. The summed E-state index contributed by atoms with van der Waals surface area (Å²) in [7, 11) is 1.75. The highest BCUT2D eigenvalue weighted by Crippen LogP contribution is 2.23. The molecule has 0 spiro atoms. The zero-order valence-corrected chi connectivity index (χ0v) is 17.0. The van der Waals surface area contributed by atoms with Crippen LogP contribution in [0, 0.1) is 5.92 Å². The van der Waals surface area contributed by atoms with E-state index < -0.39 is 0 Å². The van der Waals surface area contributed by atoms with Crippen LogP contribution in [-0.4, -0.2) is 66.2 Å². The number of amides is 1. The molecule has 0 bridgehead atoms. The van der Waals surface area contributed by atoms with Crippen LogP contribution in [-0.2, 0) is 11.3 Å². The summed E-state index contributed by atoms with van der Waals surface area (Å²) in [6.45, 7) is 1.70. The predicted octanol–water partition coefficient (Wildman–Crippen LogP) is 0.631. The lowest BCUT2D eigenvalue weighted by Crippen LogP contribution is -2.41. The number of tetrazole rings is 1. The monoisotopic (exact) mass is 419 g/mol. The Balaban J connectivity index is 1.23. The van der Waals surface area contributed by atoms with Gasteiger partial charge in [-0.1, -0.05) is 12.1 Å². The van der Waals surface area contributed by atoms with Gasteiger partial charge in [0.25, 0.3) is 5.56 Å². The van der Waals surface area contributed by atoms with Crippen LogP contribution >= 0.6 is 0 Å². The molecule has 1 aromatic carbocycles. The number of hydrogen-bond donors (Lipinski definition) is 1. The van der Waals surface area contributed by atoms with E-state index in [0.717, 1.165) is 31.7 Å². The van der Waals surface area contributed by atoms with Gasteiger partial charge in [0.1, 0.15) is 5.82 Å². The minimum absolute atomic E-state index is 0.0549. The van der Waals surface area contributed by atoms with Gasteiger partial charge < -0.3 is 14.8 Å². The van der Waals surface area contributed by atoms with Gasteiger partial charge in [-0.3, -0.25) is 9.59 Å². The van der Waals surface area contributed by atoms with Crippen molar-refractivity contribution < 1.29 is 4.79 Å². The molecule has 1 aliphatic rings. The number of para-hydroxylation sites is 1. The van der Waals surface area contributed by atoms with Crippen molar-refractivity contribution in [2.75, 3.05) is 25.0 Å². The van der Waals surface area contributed by atoms with Gasteiger partial charge in [0.2, 0.25) is 5.91 Å². The number of rotatable bonds is 4. The van der Waals surface area contributed by atoms with E-state index in [1.54, 1.807) is 30.1 Å². The molecular formula is C20H21N9O2. The fourth-order valence-corrected chi connectivity index (χ4v) is 3.99. The van der Waals surface area contributed by atoms with Crippen LogP contribution in [0.1, 0.15) is 18.7 Å². The first-order valence-electron chi connectivity index (χ1n) is 10.1. The number of aromatic amines is 1. The summed E-state index contributed by atoms with van der Waals surface area (Å²) < 4.78 is 1.40. The first-order valence-corrected chi connectivity index (χ1v) is 10.1. The van der Waals surface area contributed by atoms with Crippen LogP contribution in [0.15, 0.2) is 41.2 Å². The minimum Gasteiger partial charge on any atom is -0.355 e. The zero-order valence-electron chi connectivity index (χ0n) is 17.0. The van der Waals surface area contributed by atoms with Gasteiger partial charge in [-0.05, 0) is 47.5 Å². The maximum atomic E-state index is 13.0. The van der Waals surface area contributed by atoms with Crippen molar-refractivity contribution in [3.05, 3.63) is 52.6 Å². The molecular weight excluding hydrogens is 398 g/mol. The fraction of sp³-hybridized carbons (Fsp3) is 0.350. The summed E-state index contributed by atoms with van der Waals surface area (Å²) in [6, 6.07) is 10.9. The molecule has 4 heterocycles. The summed E-state index contributed by atoms with van der Waals surface area (Å²) in [5.41, 5.74) is 1.03. The molecule has 1 amide bonds. The number of nitrogens with one attached hydrogen (secondary N) is 1. The van der Waals surface area contributed by atoms with Crippen LogP contribution in [0.5, 0.6) is 0 Å². The smallest absolute Gasteiger partial charge is 0.258 e. The highest BCUT2D eigenvalue weighted by Gasteiger charge is 2.28. The van der Waals surface area contributed by atoms with Gasteiger partial charge in [-0.2, -0.15) is 0 Å². The molecule has 0 aliphatic carbocycles. The molecule has 5 rings (SSSR count). The number of anilines is 1. The second-order valence-corrected chi connectivity index (χ2v) is 7.70. The van der Waals surface area contributed by atoms with Crippen molar-refractivity contribution in [1.82, 2.24) is 40.1 Å². The van der Waals surface area contributed by atoms with Crippen LogP contribution in [0.4, 0.5) is 5.82 Å². The van der Waals surface area contributed by atoms with E-state index in [0.29, 0.717) is 22.4 Å². The van der Waals surface area contributed by atoms with Crippen LogP contribution in [0.3, 0.4) is 0 Å². The van der Waals surface area contributed by atoms with Crippen molar-refractivity contribution in [2.45, 2.75) is 19.4 Å². The largest absolute Gasteiger partial charge is 0.355 e. The van der Waals surface area contributed by atoms with Gasteiger partial charge in [0.15, 0.2) is 11.5 Å². The lowest BCUT2D eigenvalue weighted by Gasteiger charge is -2.33. The summed E-state index contributed by atoms with van der Waals surface area (Å²) in [4.78, 5) is 36.3. The quantitative estimate of drug-likeness (QED) is 0.511. The summed E-state index contributed by atoms with van der Waals surface area (Å²) >= 11 is 0. The molecule has 11 nitrogen and oxygen atoms in total. The molecule has 1 saturated heterocycles. The number of carbonyl (C=O) groups excluding carboxylic acids is 1. The number of aromatic nitrogens is 7. The number of fused-ring (bicyclic) bond motifs is 2. The van der Waals surface area contributed by atoms with E-state index in [-0.39, 0.29) is 23.9 Å². The number of H-pyrrole nitrogens is 1. The summed E-state index contributed by atoms with van der Waals surface area (Å²) in [5, 5.41) is 16.3. The van der Waals surface area contributed by atoms with Gasteiger partial charge in [0, 0.05) is 26.1 Å². The van der Waals surface area contributed by atoms with Crippen molar-refractivity contribution in [3.8, 4) is 0 Å². The Hall–Kier alpha value is -3.89. The number of nitrogens with zero attached hydrogens (tertiary/aromatic N) is 8. The topological polar surface area (TPSA) is 125 Å². The maximum absolute atomic E-state index is 13.0. The molecule has 31 heavy (non-hydrogen) atoms. The van der Waals surface area contributed by atoms with E-state index in [2.05, 4.69) is 35.5 Å². The second-order valence-electron chi connectivity index (χ2n) is 7.70. The molecule has 0 saturated carbocycles. The number of hydrogen-bond acceptors (Lipinski definition) is 8. The lowest BCUT2D eigenvalue weighted by molar-refractivity contribution is -0.135. The van der Waals surface area contributed by atoms with Crippen molar-refractivity contribution in [1.29, 1.82) is 0 Å². The Morgan fingerprint density at radius 3 is 2.84 bits per heavy atom. The van der Waals surface area contributed by atoms with E-state index >= 15 is 0 Å². The van der Waals surface area contributed by atoms with E-state index in [9.17, 15) is 9.59 Å². The molecule has 1 fully saturated rings. The van der Waals surface area contributed by atoms with E-state index in [4.69, 9.17) is 0 Å². The molecule has 1 N–H and O–H groups in total. The first-order chi connectivity index (χ1) is 15.1. The highest BCUT2D eigenvalue weighted by atomic mass is 16.2. The number of benzene rings is 1. The van der Waals surface area contributed by atoms with Gasteiger partial charge >= 0.3 is 0 Å². The predicted molar refractivity (Wildman–Crippen MR) is 112 cm³/mol. The Bertz CT molecular complexity index is 1310. The molecule has 1 aliphatic heterocycles. The Kier molecular flexibility index (Phi) is 4.77. The average Bonchev–Trinajstić information content (AvgIpc) is 3.27. The Labute approximate surface area is 176 Å². The van der Waals surface area contributed by atoms with E-state index in [1.165, 1.54) is 4.63 Å². The molecule has 0 atom stereocenters. The normalized spacial score (nSPS) is 14.9. The Morgan fingerprint density at radius 2 is 2.00 bits per heavy atom. The SMILES string of the molecule is CN(Cc1nc2ccccc2c(=O)[nH]1)C(=O)C1CCN(c2ccc3nnnn3n2)CC1. The maximum Gasteiger partial charge on any atom is 0.258 e. The van der Waals surface area contributed by atoms with Gasteiger partial charge in [-0.15, -0.1) is 14.8 Å². The highest BCUT2D eigenvalue weighted by molar-refractivity contribution is 5.79. The van der Waals surface area contributed by atoms with Crippen molar-refractivity contribution in [2.24, 2.45) is 5.92 Å². The summed E-state index contributed by atoms with van der Waals surface area (Å²) in [6.07, 6.45) is 1.44. The van der Waals surface area contributed by atoms with Crippen LogP contribution in [0.2, 0.25) is 0 Å². The molecule has 158 valence electrons. The molecule has 0 radical (unpaired) electrons. The Morgan fingerprint density at radius 1 is 1.19 bits per heavy atom. The molecule has 3 aromatic heterocycles. The van der Waals surface area contributed by atoms with E-state index in [1.807, 2.05) is 18.2 Å². The molecule has 4 aromatic rings. The van der Waals surface area contributed by atoms with Gasteiger partial charge in [0.05, 0.1) is 17.4 Å². The third kappa shape index (κ3) is 3.69. The minimum atomic E-state index is -0.193.